The molecule has 3 amide bonds. The lowest BCUT2D eigenvalue weighted by Gasteiger charge is -2.34. The summed E-state index contributed by atoms with van der Waals surface area (Å²) in [5, 5.41) is 3.93. The number of carbonyl (C=O) groups is 3. The Balaban J connectivity index is 1.94. The number of aromatic nitrogens is 2. The van der Waals surface area contributed by atoms with E-state index in [-0.39, 0.29) is 22.2 Å². The molecule has 0 radical (unpaired) electrons. The third-order valence-corrected chi connectivity index (χ3v) is 7.64. The molecule has 0 aliphatic rings. The van der Waals surface area contributed by atoms with Gasteiger partial charge in [0.15, 0.2) is 5.69 Å². The zero-order valence-corrected chi connectivity index (χ0v) is 23.2. The molecule has 4 rings (SSSR count). The quantitative estimate of drug-likeness (QED) is 0.280. The zero-order valence-electron chi connectivity index (χ0n) is 22.4. The number of carbonyl (C=O) groups excluding carboxylic acids is 3. The van der Waals surface area contributed by atoms with Crippen molar-refractivity contribution in [3.63, 3.8) is 0 Å². The summed E-state index contributed by atoms with van der Waals surface area (Å²) in [7, 11) is 0. The maximum absolute atomic E-state index is 14.2. The lowest BCUT2D eigenvalue weighted by Crippen LogP contribution is -2.50. The topological polar surface area (TPSA) is 144 Å². The van der Waals surface area contributed by atoms with Gasteiger partial charge in [-0.15, -0.1) is 0 Å². The van der Waals surface area contributed by atoms with Crippen molar-refractivity contribution in [1.82, 2.24) is 14.7 Å². The van der Waals surface area contributed by atoms with Crippen molar-refractivity contribution in [2.45, 2.75) is 52.1 Å². The number of aryl methyl sites for hydroxylation is 1. The van der Waals surface area contributed by atoms with E-state index in [1.165, 1.54) is 4.90 Å². The van der Waals surface area contributed by atoms with E-state index in [4.69, 9.17) is 11.5 Å². The number of benzene rings is 2. The van der Waals surface area contributed by atoms with Gasteiger partial charge in [0.05, 0.1) is 11.2 Å². The van der Waals surface area contributed by atoms with Gasteiger partial charge in [-0.25, -0.2) is 0 Å². The summed E-state index contributed by atoms with van der Waals surface area (Å²) in [4.78, 5) is 46.0. The van der Waals surface area contributed by atoms with Gasteiger partial charge in [0.2, 0.25) is 5.91 Å². The van der Waals surface area contributed by atoms with E-state index in [2.05, 4.69) is 14.7 Å². The van der Waals surface area contributed by atoms with Crippen molar-refractivity contribution in [3.05, 3.63) is 82.5 Å². The molecule has 0 fully saturated rings. The van der Waals surface area contributed by atoms with Crippen molar-refractivity contribution >= 4 is 51.5 Å². The number of nitrogens with zero attached hydrogens (tertiary/aromatic N) is 3. The highest BCUT2D eigenvalue weighted by atomic mass is 32.1. The fraction of sp³-hybridized carbons (Fsp3) is 0.276. The fourth-order valence-corrected chi connectivity index (χ4v) is 4.93. The van der Waals surface area contributed by atoms with E-state index in [0.29, 0.717) is 17.7 Å². The van der Waals surface area contributed by atoms with Crippen molar-refractivity contribution in [2.75, 3.05) is 10.6 Å². The number of amides is 3. The number of nitrogens with two attached hydrogens (primary N) is 2. The molecule has 4 aromatic rings. The summed E-state index contributed by atoms with van der Waals surface area (Å²) in [6.45, 7) is 7.86. The minimum Gasteiger partial charge on any atom is -0.395 e. The molecular formula is C29H32N6O3S. The molecule has 202 valence electrons. The predicted molar refractivity (Wildman–Crippen MR) is 155 cm³/mol. The highest BCUT2D eigenvalue weighted by Crippen LogP contribution is 2.34. The Morgan fingerprint density at radius 1 is 1.08 bits per heavy atom. The summed E-state index contributed by atoms with van der Waals surface area (Å²) < 4.78 is 4.02. The Kier molecular flexibility index (Phi) is 7.96. The van der Waals surface area contributed by atoms with Gasteiger partial charge < -0.3 is 16.8 Å². The first-order chi connectivity index (χ1) is 18.6. The lowest BCUT2D eigenvalue weighted by molar-refractivity contribution is -0.124. The van der Waals surface area contributed by atoms with E-state index in [9.17, 15) is 14.4 Å². The molecule has 0 unspecified atom stereocenters. The molecule has 0 saturated carbocycles. The minimum atomic E-state index is -1.07. The number of primary amides is 1. The van der Waals surface area contributed by atoms with E-state index < -0.39 is 23.4 Å². The van der Waals surface area contributed by atoms with Crippen LogP contribution in [0.4, 0.5) is 11.4 Å². The van der Waals surface area contributed by atoms with E-state index in [0.717, 1.165) is 34.4 Å². The first-order valence-electron chi connectivity index (χ1n) is 12.7. The number of hydrogen-bond acceptors (Lipinski definition) is 7. The fourth-order valence-electron chi connectivity index (χ4n) is 4.19. The number of nitrogen functional groups attached to an aromatic ring is 1. The van der Waals surface area contributed by atoms with Gasteiger partial charge in [-0.1, -0.05) is 38.1 Å². The largest absolute Gasteiger partial charge is 0.395 e. The number of hydrogen-bond donors (Lipinski definition) is 3. The number of nitrogens with one attached hydrogen (secondary N) is 1. The first-order valence-corrected chi connectivity index (χ1v) is 13.5. The smallest absolute Gasteiger partial charge is 0.273 e. The summed E-state index contributed by atoms with van der Waals surface area (Å²) in [6.07, 6.45) is 3.18. The van der Waals surface area contributed by atoms with Crippen LogP contribution in [0.2, 0.25) is 0 Å². The Bertz CT molecular complexity index is 1530. The average Bonchev–Trinajstić information content (AvgIpc) is 3.32. The maximum Gasteiger partial charge on any atom is 0.273 e. The number of fused-ring (bicyclic) bond motifs is 1. The van der Waals surface area contributed by atoms with Gasteiger partial charge in [-0.3, -0.25) is 24.3 Å². The van der Waals surface area contributed by atoms with Gasteiger partial charge in [-0.05, 0) is 79.7 Å². The highest BCUT2D eigenvalue weighted by molar-refractivity contribution is 7.09. The summed E-state index contributed by atoms with van der Waals surface area (Å²) in [6, 6.07) is 15.6. The monoisotopic (exact) mass is 544 g/mol. The highest BCUT2D eigenvalue weighted by Gasteiger charge is 2.37. The van der Waals surface area contributed by atoms with Crippen LogP contribution in [0.15, 0.2) is 60.8 Å². The molecule has 1 atom stereocenters. The molecule has 2 heterocycles. The number of rotatable bonds is 9. The molecule has 2 aromatic carbocycles. The molecule has 39 heavy (non-hydrogen) atoms. The molecule has 5 N–H and O–H groups in total. The van der Waals surface area contributed by atoms with Gasteiger partial charge in [0.25, 0.3) is 11.8 Å². The molecule has 0 bridgehead atoms. The Morgan fingerprint density at radius 2 is 1.79 bits per heavy atom. The third-order valence-electron chi connectivity index (χ3n) is 6.79. The molecule has 10 heteroatoms. The van der Waals surface area contributed by atoms with Gasteiger partial charge in [0.1, 0.15) is 10.9 Å². The van der Waals surface area contributed by atoms with Crippen LogP contribution in [0.1, 0.15) is 71.4 Å². The molecule has 0 saturated heterocycles. The molecule has 9 nitrogen and oxygen atoms in total. The van der Waals surface area contributed by atoms with Crippen molar-refractivity contribution < 1.29 is 14.4 Å². The second-order valence-corrected chi connectivity index (χ2v) is 10.7. The third kappa shape index (κ3) is 5.75. The summed E-state index contributed by atoms with van der Waals surface area (Å²) >= 11 is 0.779. The van der Waals surface area contributed by atoms with E-state index >= 15 is 0 Å². The van der Waals surface area contributed by atoms with Gasteiger partial charge in [-0.2, -0.15) is 4.37 Å². The standard InChI is InChI=1S/C29H32N6O3S/c1-5-17-9-12-20(13-10-17)35(28(38)25-22(30)23(26(31)36)34-39-25)24(27(37)33-29(3,4)6-2)19-11-14-21-18(16-19)8-7-15-32-21/h7-16,24H,5-6,30H2,1-4H3,(H2,31,36)(H,33,37)/t24-/m0/s1. The van der Waals surface area contributed by atoms with Crippen molar-refractivity contribution in [3.8, 4) is 0 Å². The SMILES string of the molecule is CCc1ccc(N(C(=O)c2snc(C(N)=O)c2N)[C@H](C(=O)NC(C)(C)CC)c2ccc3ncccc3c2)cc1. The van der Waals surface area contributed by atoms with Gasteiger partial charge in [0, 0.05) is 22.8 Å². The van der Waals surface area contributed by atoms with Crippen LogP contribution in [0.25, 0.3) is 10.9 Å². The van der Waals surface area contributed by atoms with Crippen LogP contribution < -0.4 is 21.7 Å². The maximum atomic E-state index is 14.2. The normalized spacial score (nSPS) is 12.2. The van der Waals surface area contributed by atoms with Crippen molar-refractivity contribution in [1.29, 1.82) is 0 Å². The van der Waals surface area contributed by atoms with Gasteiger partial charge >= 0.3 is 0 Å². The Hall–Kier alpha value is -4.31. The van der Waals surface area contributed by atoms with Crippen molar-refractivity contribution in [2.24, 2.45) is 5.73 Å². The molecule has 0 aliphatic heterocycles. The Labute approximate surface area is 231 Å². The number of anilines is 2. The number of pyridine rings is 1. The second kappa shape index (κ2) is 11.2. The summed E-state index contributed by atoms with van der Waals surface area (Å²) in [5.41, 5.74) is 13.7. The van der Waals surface area contributed by atoms with Crippen LogP contribution in [0.5, 0.6) is 0 Å². The van der Waals surface area contributed by atoms with Crippen LogP contribution in [0, 0.1) is 0 Å². The average molecular weight is 545 g/mol. The zero-order chi connectivity index (χ0) is 28.3. The first kappa shape index (κ1) is 27.7. The van der Waals surface area contributed by atoms with Crippen LogP contribution >= 0.6 is 11.5 Å². The second-order valence-electron chi connectivity index (χ2n) is 9.92. The Morgan fingerprint density at radius 3 is 2.41 bits per heavy atom. The molecule has 0 spiro atoms. The van der Waals surface area contributed by atoms with Crippen LogP contribution in [-0.2, 0) is 11.2 Å². The summed E-state index contributed by atoms with van der Waals surface area (Å²) in [5.74, 6) is -1.76. The minimum absolute atomic E-state index is 0.0263. The van der Waals surface area contributed by atoms with Crippen LogP contribution in [-0.4, -0.2) is 32.6 Å². The van der Waals surface area contributed by atoms with E-state index in [1.807, 2.05) is 64.1 Å². The van der Waals surface area contributed by atoms with E-state index in [1.54, 1.807) is 24.4 Å². The molecule has 2 aromatic heterocycles. The predicted octanol–water partition coefficient (Wildman–Crippen LogP) is 4.63. The van der Waals surface area contributed by atoms with Crippen LogP contribution in [0.3, 0.4) is 0 Å². The molecule has 0 aliphatic carbocycles. The lowest BCUT2D eigenvalue weighted by atomic mass is 9.97. The molecular weight excluding hydrogens is 512 g/mol.